The summed E-state index contributed by atoms with van der Waals surface area (Å²) in [5.41, 5.74) is -4.57. The first-order valence-electron chi connectivity index (χ1n) is 5.16. The zero-order chi connectivity index (χ0) is 14.5. The minimum Gasteiger partial charge on any atom is -0.382 e. The van der Waals surface area contributed by atoms with E-state index in [9.17, 15) is 18.0 Å². The largest absolute Gasteiger partial charge is 0.441 e. The van der Waals surface area contributed by atoms with Crippen molar-refractivity contribution in [2.45, 2.75) is 12.1 Å². The molecule has 1 aromatic heterocycles. The van der Waals surface area contributed by atoms with Crippen LogP contribution in [0.2, 0.25) is 5.02 Å². The summed E-state index contributed by atoms with van der Waals surface area (Å²) in [4.78, 5) is 11.7. The molecule has 0 radical (unpaired) electrons. The van der Waals surface area contributed by atoms with E-state index in [4.69, 9.17) is 11.6 Å². The summed E-state index contributed by atoms with van der Waals surface area (Å²) < 4.78 is 36.8. The third-order valence-corrected chi connectivity index (χ3v) is 3.07. The number of allylic oxidation sites excluding steroid dienone is 1. The lowest BCUT2D eigenvalue weighted by Gasteiger charge is -2.10. The number of anilines is 1. The van der Waals surface area contributed by atoms with Crippen molar-refractivity contribution in [3.63, 3.8) is 0 Å². The molecule has 1 N–H and O–H groups in total. The predicted molar refractivity (Wildman–Crippen MR) is 70.7 cm³/mol. The zero-order valence-corrected chi connectivity index (χ0v) is 11.3. The molecule has 1 heterocycles. The van der Waals surface area contributed by atoms with Crippen LogP contribution in [0.15, 0.2) is 23.6 Å². The van der Waals surface area contributed by atoms with Gasteiger partial charge < -0.3 is 5.32 Å². The van der Waals surface area contributed by atoms with Crippen LogP contribution in [0.1, 0.15) is 0 Å². The lowest BCUT2D eigenvalue weighted by Crippen LogP contribution is -2.24. The molecule has 0 unspecified atom stereocenters. The molecular weight excluding hydrogens is 303 g/mol. The Labute approximate surface area is 116 Å². The number of hydrogen-bond donors (Lipinski definition) is 1. The van der Waals surface area contributed by atoms with Crippen LogP contribution in [0.5, 0.6) is 0 Å². The summed E-state index contributed by atoms with van der Waals surface area (Å²) in [6.07, 6.45) is 2.78. The molecule has 0 fully saturated rings. The Morgan fingerprint density at radius 2 is 2.26 bits per heavy atom. The molecule has 4 nitrogen and oxygen atoms in total. The van der Waals surface area contributed by atoms with Crippen molar-refractivity contribution in [2.75, 3.05) is 17.6 Å². The molecule has 0 atom stereocenters. The van der Waals surface area contributed by atoms with Gasteiger partial charge in [-0.1, -0.05) is 17.7 Å². The Bertz CT molecular complexity index is 504. The Kier molecular flexibility index (Phi) is 5.74. The van der Waals surface area contributed by atoms with Gasteiger partial charge in [0.05, 0.1) is 18.4 Å². The summed E-state index contributed by atoms with van der Waals surface area (Å²) in [6.45, 7) is 3.70. The van der Waals surface area contributed by atoms with Crippen LogP contribution < -0.4 is 10.9 Å². The summed E-state index contributed by atoms with van der Waals surface area (Å²) in [5.74, 6) is -0.185. The standard InChI is InChI=1S/C10H11ClF3N3OS/c1-2-4-17-9(18)8(11)7(6-16-17)15-3-5-19-10(12,13)14/h2,6,15H,1,3-5H2. The Morgan fingerprint density at radius 3 is 2.84 bits per heavy atom. The van der Waals surface area contributed by atoms with Crippen LogP contribution in [-0.4, -0.2) is 27.6 Å². The number of halogens is 4. The minimum atomic E-state index is -4.27. The van der Waals surface area contributed by atoms with Gasteiger partial charge in [-0.3, -0.25) is 4.79 Å². The second-order valence-electron chi connectivity index (χ2n) is 3.37. The lowest BCUT2D eigenvalue weighted by atomic mass is 10.4. The minimum absolute atomic E-state index is 0.0243. The molecule has 0 saturated heterocycles. The first-order chi connectivity index (χ1) is 8.85. The third-order valence-electron chi connectivity index (χ3n) is 1.97. The normalized spacial score (nSPS) is 11.4. The van der Waals surface area contributed by atoms with Gasteiger partial charge in [0.25, 0.3) is 5.56 Å². The molecule has 0 aliphatic heterocycles. The number of thioether (sulfide) groups is 1. The highest BCUT2D eigenvalue weighted by molar-refractivity contribution is 8.00. The van der Waals surface area contributed by atoms with E-state index in [-0.39, 0.29) is 41.3 Å². The molecule has 0 amide bonds. The Balaban J connectivity index is 2.63. The van der Waals surface area contributed by atoms with Crippen molar-refractivity contribution >= 4 is 29.1 Å². The van der Waals surface area contributed by atoms with E-state index in [2.05, 4.69) is 17.0 Å². The summed E-state index contributed by atoms with van der Waals surface area (Å²) in [5, 5.41) is 6.35. The highest BCUT2D eigenvalue weighted by Gasteiger charge is 2.27. The van der Waals surface area contributed by atoms with Crippen LogP contribution in [0.25, 0.3) is 0 Å². The maximum Gasteiger partial charge on any atom is 0.441 e. The van der Waals surface area contributed by atoms with E-state index in [1.807, 2.05) is 0 Å². The molecule has 0 aliphatic rings. The number of nitrogens with one attached hydrogen (secondary N) is 1. The van der Waals surface area contributed by atoms with Crippen molar-refractivity contribution in [3.05, 3.63) is 34.2 Å². The summed E-state index contributed by atoms with van der Waals surface area (Å²) >= 11 is 5.66. The topological polar surface area (TPSA) is 46.9 Å². The highest BCUT2D eigenvalue weighted by Crippen LogP contribution is 2.29. The first-order valence-corrected chi connectivity index (χ1v) is 6.52. The fourth-order valence-corrected chi connectivity index (χ4v) is 1.84. The first kappa shape index (κ1) is 15.9. The van der Waals surface area contributed by atoms with Crippen LogP contribution in [-0.2, 0) is 6.54 Å². The van der Waals surface area contributed by atoms with E-state index in [1.54, 1.807) is 0 Å². The Hall–Kier alpha value is -1.15. The van der Waals surface area contributed by atoms with Crippen LogP contribution in [0.3, 0.4) is 0 Å². The van der Waals surface area contributed by atoms with Crippen molar-refractivity contribution in [1.29, 1.82) is 0 Å². The van der Waals surface area contributed by atoms with Crippen LogP contribution in [0, 0.1) is 0 Å². The van der Waals surface area contributed by atoms with Gasteiger partial charge in [-0.25, -0.2) is 4.68 Å². The van der Waals surface area contributed by atoms with Gasteiger partial charge in [-0.2, -0.15) is 18.3 Å². The molecule has 0 bridgehead atoms. The van der Waals surface area contributed by atoms with Gasteiger partial charge in [0, 0.05) is 12.3 Å². The smallest absolute Gasteiger partial charge is 0.382 e. The van der Waals surface area contributed by atoms with Gasteiger partial charge in [-0.05, 0) is 11.8 Å². The number of rotatable bonds is 6. The fourth-order valence-electron chi connectivity index (χ4n) is 1.19. The van der Waals surface area contributed by atoms with Crippen LogP contribution in [0.4, 0.5) is 18.9 Å². The second kappa shape index (κ2) is 6.85. The molecule has 106 valence electrons. The van der Waals surface area contributed by atoms with Gasteiger partial charge >= 0.3 is 5.51 Å². The summed E-state index contributed by atoms with van der Waals surface area (Å²) in [7, 11) is 0. The van der Waals surface area contributed by atoms with Crippen molar-refractivity contribution < 1.29 is 13.2 Å². The maximum absolute atomic E-state index is 11.9. The number of nitrogens with zero attached hydrogens (tertiary/aromatic N) is 2. The SMILES string of the molecule is C=CCn1ncc(NCCSC(F)(F)F)c(Cl)c1=O. The van der Waals surface area contributed by atoms with Crippen molar-refractivity contribution in [2.24, 2.45) is 0 Å². The second-order valence-corrected chi connectivity index (χ2v) is 4.91. The maximum atomic E-state index is 11.9. The molecule has 0 aliphatic carbocycles. The van der Waals surface area contributed by atoms with E-state index >= 15 is 0 Å². The molecule has 9 heteroatoms. The molecule has 1 rings (SSSR count). The third kappa shape index (κ3) is 5.15. The Morgan fingerprint density at radius 1 is 1.58 bits per heavy atom. The highest BCUT2D eigenvalue weighted by atomic mass is 35.5. The summed E-state index contributed by atoms with van der Waals surface area (Å²) in [6, 6.07) is 0. The van der Waals surface area contributed by atoms with Gasteiger partial charge in [0.15, 0.2) is 0 Å². The zero-order valence-electron chi connectivity index (χ0n) is 9.71. The van der Waals surface area contributed by atoms with Gasteiger partial charge in [0.2, 0.25) is 0 Å². The van der Waals surface area contributed by atoms with Gasteiger partial charge in [0.1, 0.15) is 5.02 Å². The molecule has 0 saturated carbocycles. The molecule has 0 aromatic carbocycles. The van der Waals surface area contributed by atoms with E-state index in [0.717, 1.165) is 4.68 Å². The van der Waals surface area contributed by atoms with Crippen LogP contribution >= 0.6 is 23.4 Å². The van der Waals surface area contributed by atoms with E-state index < -0.39 is 11.1 Å². The average molecular weight is 314 g/mol. The predicted octanol–water partition coefficient (Wildman–Crippen LogP) is 2.75. The fraction of sp³-hybridized carbons (Fsp3) is 0.400. The quantitative estimate of drug-likeness (QED) is 0.648. The monoisotopic (exact) mass is 313 g/mol. The number of hydrogen-bond acceptors (Lipinski definition) is 4. The molecule has 0 spiro atoms. The lowest BCUT2D eigenvalue weighted by molar-refractivity contribution is -0.0327. The molecule has 1 aromatic rings. The van der Waals surface area contributed by atoms with Gasteiger partial charge in [-0.15, -0.1) is 6.58 Å². The van der Waals surface area contributed by atoms with E-state index in [0.29, 0.717) is 0 Å². The molecular formula is C10H11ClF3N3OS. The number of alkyl halides is 3. The van der Waals surface area contributed by atoms with Crippen molar-refractivity contribution in [1.82, 2.24) is 9.78 Å². The molecule has 19 heavy (non-hydrogen) atoms. The van der Waals surface area contributed by atoms with E-state index in [1.165, 1.54) is 12.3 Å². The van der Waals surface area contributed by atoms with Crippen molar-refractivity contribution in [3.8, 4) is 0 Å². The average Bonchev–Trinajstić information content (AvgIpc) is 2.32. The number of aromatic nitrogens is 2.